The molecule has 0 spiro atoms. The van der Waals surface area contributed by atoms with E-state index < -0.39 is 0 Å². The Hall–Kier alpha value is -1.47. The maximum atomic E-state index is 5.91. The van der Waals surface area contributed by atoms with Gasteiger partial charge in [0.1, 0.15) is 5.75 Å². The van der Waals surface area contributed by atoms with E-state index in [0.29, 0.717) is 6.10 Å². The molecule has 0 bridgehead atoms. The third-order valence-corrected chi connectivity index (χ3v) is 3.64. The largest absolute Gasteiger partial charge is 0.490 e. The minimum Gasteiger partial charge on any atom is -0.490 e. The Morgan fingerprint density at radius 2 is 1.50 bits per heavy atom. The van der Waals surface area contributed by atoms with Gasteiger partial charge in [0.2, 0.25) is 0 Å². The van der Waals surface area contributed by atoms with Gasteiger partial charge in [-0.1, -0.05) is 57.5 Å². The topological polar surface area (TPSA) is 9.23 Å². The van der Waals surface area contributed by atoms with E-state index in [9.17, 15) is 0 Å². The van der Waals surface area contributed by atoms with Gasteiger partial charge in [-0.15, -0.1) is 0 Å². The maximum absolute atomic E-state index is 5.91. The smallest absolute Gasteiger partial charge is 0.122 e. The molecule has 1 nitrogen and oxygen atoms in total. The molecular weight excluding hydrogens is 292 g/mol. The van der Waals surface area contributed by atoms with Crippen LogP contribution in [0.5, 0.6) is 5.75 Å². The first-order valence-electron chi connectivity index (χ1n) is 8.28. The van der Waals surface area contributed by atoms with Gasteiger partial charge in [0, 0.05) is 5.02 Å². The van der Waals surface area contributed by atoms with Gasteiger partial charge >= 0.3 is 0 Å². The van der Waals surface area contributed by atoms with E-state index in [-0.39, 0.29) is 0 Å². The molecule has 1 heterocycles. The van der Waals surface area contributed by atoms with Gasteiger partial charge in [0.25, 0.3) is 0 Å². The van der Waals surface area contributed by atoms with Crippen LogP contribution >= 0.6 is 11.6 Å². The average Bonchev–Trinajstić information content (AvgIpc) is 2.59. The number of benzene rings is 2. The summed E-state index contributed by atoms with van der Waals surface area (Å²) in [5.74, 6) is 1.03. The quantitative estimate of drug-likeness (QED) is 0.563. The summed E-state index contributed by atoms with van der Waals surface area (Å²) in [6.07, 6.45) is 2.52. The Labute approximate surface area is 140 Å². The fourth-order valence-electron chi connectivity index (χ4n) is 2.35. The zero-order valence-corrected chi connectivity index (χ0v) is 15.1. The van der Waals surface area contributed by atoms with Crippen molar-refractivity contribution in [3.63, 3.8) is 0 Å². The number of ether oxygens (including phenoxy) is 1. The van der Waals surface area contributed by atoms with Crippen LogP contribution in [0, 0.1) is 0 Å². The van der Waals surface area contributed by atoms with Crippen molar-refractivity contribution in [2.45, 2.75) is 53.6 Å². The van der Waals surface area contributed by atoms with Gasteiger partial charge in [0.05, 0.1) is 6.10 Å². The Morgan fingerprint density at radius 1 is 0.909 bits per heavy atom. The molecule has 120 valence electrons. The van der Waals surface area contributed by atoms with Crippen molar-refractivity contribution >= 4 is 11.6 Å². The highest BCUT2D eigenvalue weighted by molar-refractivity contribution is 6.30. The summed E-state index contributed by atoms with van der Waals surface area (Å²) in [5.41, 5.74) is 3.73. The highest BCUT2D eigenvalue weighted by atomic mass is 35.5. The molecule has 1 atom stereocenters. The fourth-order valence-corrected chi connectivity index (χ4v) is 2.47. The second kappa shape index (κ2) is 9.53. The number of rotatable bonds is 1. The summed E-state index contributed by atoms with van der Waals surface area (Å²) in [6.45, 7) is 10.1. The van der Waals surface area contributed by atoms with Crippen LogP contribution < -0.4 is 4.74 Å². The first-order valence-corrected chi connectivity index (χ1v) is 8.66. The monoisotopic (exact) mass is 318 g/mol. The zero-order valence-electron chi connectivity index (χ0n) is 14.3. The fraction of sp³-hybridized carbons (Fsp3) is 0.400. The SMILES string of the molecule is CC.CC.CC1CCc2cc(-c3ccc(Cl)cc3)ccc2O1. The van der Waals surface area contributed by atoms with Crippen LogP contribution in [-0.4, -0.2) is 6.10 Å². The minimum absolute atomic E-state index is 0.332. The van der Waals surface area contributed by atoms with Crippen LogP contribution in [0.25, 0.3) is 11.1 Å². The van der Waals surface area contributed by atoms with E-state index >= 15 is 0 Å². The van der Waals surface area contributed by atoms with Crippen molar-refractivity contribution in [3.8, 4) is 16.9 Å². The summed E-state index contributed by atoms with van der Waals surface area (Å²) < 4.78 is 5.82. The normalized spacial score (nSPS) is 15.3. The maximum Gasteiger partial charge on any atom is 0.122 e. The Morgan fingerprint density at radius 3 is 2.14 bits per heavy atom. The van der Waals surface area contributed by atoms with E-state index in [4.69, 9.17) is 16.3 Å². The number of hydrogen-bond acceptors (Lipinski definition) is 1. The minimum atomic E-state index is 0.332. The number of aryl methyl sites for hydroxylation is 1. The van der Waals surface area contributed by atoms with E-state index in [0.717, 1.165) is 23.6 Å². The molecule has 1 unspecified atom stereocenters. The Bertz CT molecular complexity index is 560. The molecule has 0 aliphatic carbocycles. The molecule has 2 aromatic rings. The molecule has 2 aromatic carbocycles. The summed E-state index contributed by atoms with van der Waals surface area (Å²) >= 11 is 5.91. The van der Waals surface area contributed by atoms with E-state index in [1.165, 1.54) is 16.7 Å². The molecule has 2 heteroatoms. The third-order valence-electron chi connectivity index (χ3n) is 3.39. The summed E-state index contributed by atoms with van der Waals surface area (Å²) in [4.78, 5) is 0. The van der Waals surface area contributed by atoms with Gasteiger partial charge in [-0.2, -0.15) is 0 Å². The number of halogens is 1. The van der Waals surface area contributed by atoms with Crippen LogP contribution in [0.4, 0.5) is 0 Å². The third kappa shape index (κ3) is 4.78. The molecule has 0 radical (unpaired) electrons. The standard InChI is InChI=1S/C16H15ClO.2C2H6/c1-11-2-3-14-10-13(6-9-16(14)18-11)12-4-7-15(17)8-5-12;2*1-2/h4-11H,2-3H2,1H3;2*1-2H3. The van der Waals surface area contributed by atoms with Crippen LogP contribution in [0.1, 0.15) is 46.6 Å². The Balaban J connectivity index is 0.000000561. The van der Waals surface area contributed by atoms with E-state index in [1.807, 2.05) is 39.8 Å². The van der Waals surface area contributed by atoms with E-state index in [1.54, 1.807) is 0 Å². The van der Waals surface area contributed by atoms with Crippen molar-refractivity contribution in [1.82, 2.24) is 0 Å². The summed E-state index contributed by atoms with van der Waals surface area (Å²) in [7, 11) is 0. The first kappa shape index (κ1) is 18.6. The molecule has 0 fully saturated rings. The summed E-state index contributed by atoms with van der Waals surface area (Å²) in [6, 6.07) is 14.4. The van der Waals surface area contributed by atoms with Crippen molar-refractivity contribution < 1.29 is 4.74 Å². The lowest BCUT2D eigenvalue weighted by atomic mass is 9.97. The predicted octanol–water partition coefficient (Wildman–Crippen LogP) is 6.77. The molecule has 0 amide bonds. The molecule has 0 saturated heterocycles. The number of hydrogen-bond donors (Lipinski definition) is 0. The van der Waals surface area contributed by atoms with Crippen LogP contribution in [0.3, 0.4) is 0 Å². The first-order chi connectivity index (χ1) is 10.7. The van der Waals surface area contributed by atoms with Gasteiger partial charge in [-0.05, 0) is 60.7 Å². The lowest BCUT2D eigenvalue weighted by molar-refractivity contribution is 0.192. The molecule has 22 heavy (non-hydrogen) atoms. The second-order valence-corrected chi connectivity index (χ2v) is 5.23. The van der Waals surface area contributed by atoms with Crippen molar-refractivity contribution in [2.75, 3.05) is 0 Å². The van der Waals surface area contributed by atoms with Crippen molar-refractivity contribution in [1.29, 1.82) is 0 Å². The van der Waals surface area contributed by atoms with Gasteiger partial charge in [0.15, 0.2) is 0 Å². The van der Waals surface area contributed by atoms with Crippen molar-refractivity contribution in [2.24, 2.45) is 0 Å². The molecule has 1 aliphatic heterocycles. The van der Waals surface area contributed by atoms with Crippen LogP contribution in [0.2, 0.25) is 5.02 Å². The lowest BCUT2D eigenvalue weighted by Gasteiger charge is -2.23. The predicted molar refractivity (Wildman–Crippen MR) is 98.0 cm³/mol. The van der Waals surface area contributed by atoms with Gasteiger partial charge in [-0.25, -0.2) is 0 Å². The number of fused-ring (bicyclic) bond motifs is 1. The molecule has 1 aliphatic rings. The molecule has 3 rings (SSSR count). The molecule has 0 aromatic heterocycles. The molecule has 0 saturated carbocycles. The molecular formula is C20H27ClO. The highest BCUT2D eigenvalue weighted by Gasteiger charge is 2.16. The summed E-state index contributed by atoms with van der Waals surface area (Å²) in [5, 5.41) is 0.772. The van der Waals surface area contributed by atoms with Crippen LogP contribution in [-0.2, 0) is 6.42 Å². The van der Waals surface area contributed by atoms with Gasteiger partial charge < -0.3 is 4.74 Å². The average molecular weight is 319 g/mol. The van der Waals surface area contributed by atoms with E-state index in [2.05, 4.69) is 37.3 Å². The van der Waals surface area contributed by atoms with Crippen LogP contribution in [0.15, 0.2) is 42.5 Å². The van der Waals surface area contributed by atoms with Gasteiger partial charge in [-0.3, -0.25) is 0 Å². The Kier molecular flexibility index (Phi) is 8.05. The second-order valence-electron chi connectivity index (χ2n) is 4.80. The molecule has 0 N–H and O–H groups in total. The highest BCUT2D eigenvalue weighted by Crippen LogP contribution is 2.32. The van der Waals surface area contributed by atoms with Crippen molar-refractivity contribution in [3.05, 3.63) is 53.1 Å². The zero-order chi connectivity index (χ0) is 16.5. The lowest BCUT2D eigenvalue weighted by Crippen LogP contribution is -2.18.